The Morgan fingerprint density at radius 2 is 1.90 bits per heavy atom. The van der Waals surface area contributed by atoms with Crippen molar-refractivity contribution in [3.05, 3.63) is 35.5 Å². The van der Waals surface area contributed by atoms with Gasteiger partial charge < -0.3 is 10.6 Å². The molecule has 1 aromatic carbocycles. The average molecular weight is 281 g/mol. The molecule has 0 spiro atoms. The molecule has 1 amide bonds. The normalized spacial score (nSPS) is 15.2. The van der Waals surface area contributed by atoms with E-state index in [-0.39, 0.29) is 17.0 Å². The number of hydrogen-bond donors (Lipinski definition) is 2. The molecule has 0 fully saturated rings. The lowest BCUT2D eigenvalue weighted by atomic mass is 10.0. The number of hydrogen-bond acceptors (Lipinski definition) is 3. The lowest BCUT2D eigenvalue weighted by Gasteiger charge is -2.13. The number of para-hydroxylation sites is 1. The molecule has 1 aliphatic rings. The van der Waals surface area contributed by atoms with E-state index in [4.69, 9.17) is 0 Å². The molecule has 1 aromatic heterocycles. The molecule has 0 radical (unpaired) electrons. The highest BCUT2D eigenvalue weighted by molar-refractivity contribution is 6.08. The van der Waals surface area contributed by atoms with Gasteiger partial charge in [0, 0.05) is 24.7 Å². The van der Waals surface area contributed by atoms with Crippen molar-refractivity contribution >= 4 is 22.5 Å². The van der Waals surface area contributed by atoms with Gasteiger partial charge in [0.05, 0.1) is 22.3 Å². The molecule has 4 nitrogen and oxygen atoms in total. The largest absolute Gasteiger partial charge is 0.418 e. The fraction of sp³-hybridized carbons (Fsp3) is 0.231. The summed E-state index contributed by atoms with van der Waals surface area (Å²) in [5.41, 5.74) is -0.296. The first-order chi connectivity index (χ1) is 9.48. The van der Waals surface area contributed by atoms with Crippen LogP contribution in [0, 0.1) is 0 Å². The van der Waals surface area contributed by atoms with Crippen molar-refractivity contribution in [1.29, 1.82) is 0 Å². The number of alkyl halides is 3. The average Bonchev–Trinajstić information content (AvgIpc) is 2.59. The number of carbonyl (C=O) groups excluding carboxylic acids is 1. The Hall–Kier alpha value is -2.31. The molecule has 1 aliphatic heterocycles. The number of pyridine rings is 1. The summed E-state index contributed by atoms with van der Waals surface area (Å²) in [5.74, 6) is -0.336. The summed E-state index contributed by atoms with van der Waals surface area (Å²) in [4.78, 5) is 15.6. The third kappa shape index (κ3) is 1.95. The highest BCUT2D eigenvalue weighted by Gasteiger charge is 2.34. The summed E-state index contributed by atoms with van der Waals surface area (Å²) in [7, 11) is 0. The first-order valence-electron chi connectivity index (χ1n) is 5.99. The van der Waals surface area contributed by atoms with Crippen LogP contribution in [-0.4, -0.2) is 24.0 Å². The summed E-state index contributed by atoms with van der Waals surface area (Å²) >= 11 is 0. The Bertz CT molecular complexity index is 697. The van der Waals surface area contributed by atoms with Gasteiger partial charge >= 0.3 is 6.18 Å². The van der Waals surface area contributed by atoms with E-state index in [9.17, 15) is 18.0 Å². The SMILES string of the molecule is O=C1NCCNc2c1cnc1c(C(F)(F)F)cccc21. The van der Waals surface area contributed by atoms with Crippen LogP contribution < -0.4 is 10.6 Å². The number of halogens is 3. The number of fused-ring (bicyclic) bond motifs is 3. The van der Waals surface area contributed by atoms with Crippen molar-refractivity contribution in [2.75, 3.05) is 18.4 Å². The molecule has 104 valence electrons. The molecule has 0 atom stereocenters. The van der Waals surface area contributed by atoms with Crippen molar-refractivity contribution in [1.82, 2.24) is 10.3 Å². The minimum Gasteiger partial charge on any atom is -0.382 e. The van der Waals surface area contributed by atoms with Crippen LogP contribution in [0.25, 0.3) is 10.9 Å². The van der Waals surface area contributed by atoms with Gasteiger partial charge in [-0.05, 0) is 6.07 Å². The molecule has 0 saturated heterocycles. The van der Waals surface area contributed by atoms with Crippen LogP contribution in [0.5, 0.6) is 0 Å². The second kappa shape index (κ2) is 4.36. The van der Waals surface area contributed by atoms with Crippen LogP contribution in [0.4, 0.5) is 18.9 Å². The molecule has 0 aliphatic carbocycles. The maximum Gasteiger partial charge on any atom is 0.418 e. The summed E-state index contributed by atoms with van der Waals surface area (Å²) in [6.45, 7) is 0.863. The van der Waals surface area contributed by atoms with Crippen molar-refractivity contribution in [2.45, 2.75) is 6.18 Å². The van der Waals surface area contributed by atoms with Gasteiger partial charge in [0.25, 0.3) is 5.91 Å². The van der Waals surface area contributed by atoms with Crippen molar-refractivity contribution in [3.63, 3.8) is 0 Å². The van der Waals surface area contributed by atoms with Gasteiger partial charge in [-0.3, -0.25) is 9.78 Å². The van der Waals surface area contributed by atoms with Gasteiger partial charge in [-0.25, -0.2) is 0 Å². The van der Waals surface area contributed by atoms with E-state index in [2.05, 4.69) is 15.6 Å². The Balaban J connectivity index is 2.32. The van der Waals surface area contributed by atoms with E-state index in [0.29, 0.717) is 24.2 Å². The summed E-state index contributed by atoms with van der Waals surface area (Å²) in [6, 6.07) is 3.83. The molecule has 2 heterocycles. The first-order valence-corrected chi connectivity index (χ1v) is 5.99. The second-order valence-corrected chi connectivity index (χ2v) is 4.43. The number of aromatic nitrogens is 1. The summed E-state index contributed by atoms with van der Waals surface area (Å²) in [6.07, 6.45) is -3.30. The zero-order chi connectivity index (χ0) is 14.3. The quantitative estimate of drug-likeness (QED) is 0.779. The smallest absolute Gasteiger partial charge is 0.382 e. The highest BCUT2D eigenvalue weighted by atomic mass is 19.4. The van der Waals surface area contributed by atoms with Crippen LogP contribution in [0.2, 0.25) is 0 Å². The summed E-state index contributed by atoms with van der Waals surface area (Å²) in [5, 5.41) is 5.93. The minimum atomic E-state index is -4.48. The number of benzene rings is 1. The molecule has 20 heavy (non-hydrogen) atoms. The van der Waals surface area contributed by atoms with Gasteiger partial charge in [0.2, 0.25) is 0 Å². The molecular formula is C13H10F3N3O. The predicted molar refractivity (Wildman–Crippen MR) is 67.6 cm³/mol. The fourth-order valence-corrected chi connectivity index (χ4v) is 2.27. The van der Waals surface area contributed by atoms with Gasteiger partial charge in [-0.2, -0.15) is 13.2 Å². The highest BCUT2D eigenvalue weighted by Crippen LogP contribution is 2.36. The van der Waals surface area contributed by atoms with E-state index >= 15 is 0 Å². The van der Waals surface area contributed by atoms with Crippen LogP contribution in [0.15, 0.2) is 24.4 Å². The molecular weight excluding hydrogens is 271 g/mol. The standard InChI is InChI=1S/C13H10F3N3O/c14-13(15,16)9-3-1-2-7-10-8(6-19-11(7)9)12(20)18-5-4-17-10/h1-3,6,17H,4-5H2,(H,18,20). The Kier molecular flexibility index (Phi) is 2.77. The van der Waals surface area contributed by atoms with Crippen LogP contribution >= 0.6 is 0 Å². The minimum absolute atomic E-state index is 0.152. The number of anilines is 1. The fourth-order valence-electron chi connectivity index (χ4n) is 2.27. The Labute approximate surface area is 112 Å². The maximum absolute atomic E-state index is 13.0. The number of nitrogens with one attached hydrogen (secondary N) is 2. The number of amides is 1. The van der Waals surface area contributed by atoms with E-state index in [0.717, 1.165) is 6.07 Å². The monoisotopic (exact) mass is 281 g/mol. The van der Waals surface area contributed by atoms with Gasteiger partial charge in [-0.1, -0.05) is 12.1 Å². The lowest BCUT2D eigenvalue weighted by Crippen LogP contribution is -2.24. The molecule has 2 aromatic rings. The van der Waals surface area contributed by atoms with Crippen molar-refractivity contribution in [2.24, 2.45) is 0 Å². The lowest BCUT2D eigenvalue weighted by molar-refractivity contribution is -0.136. The second-order valence-electron chi connectivity index (χ2n) is 4.43. The van der Waals surface area contributed by atoms with E-state index < -0.39 is 11.7 Å². The van der Waals surface area contributed by atoms with E-state index in [1.807, 2.05) is 0 Å². The third-order valence-electron chi connectivity index (χ3n) is 3.16. The van der Waals surface area contributed by atoms with Crippen molar-refractivity contribution in [3.8, 4) is 0 Å². The third-order valence-corrected chi connectivity index (χ3v) is 3.16. The van der Waals surface area contributed by atoms with Gasteiger partial charge in [0.15, 0.2) is 0 Å². The molecule has 0 bridgehead atoms. The van der Waals surface area contributed by atoms with Crippen LogP contribution in [0.1, 0.15) is 15.9 Å². The Morgan fingerprint density at radius 3 is 2.65 bits per heavy atom. The molecule has 0 saturated carbocycles. The summed E-state index contributed by atoms with van der Waals surface area (Å²) < 4.78 is 38.9. The topological polar surface area (TPSA) is 54.0 Å². The zero-order valence-electron chi connectivity index (χ0n) is 10.2. The van der Waals surface area contributed by atoms with Crippen LogP contribution in [0.3, 0.4) is 0 Å². The molecule has 2 N–H and O–H groups in total. The van der Waals surface area contributed by atoms with Crippen molar-refractivity contribution < 1.29 is 18.0 Å². The predicted octanol–water partition coefficient (Wildman–Crippen LogP) is 2.41. The number of rotatable bonds is 0. The molecule has 3 rings (SSSR count). The molecule has 0 unspecified atom stereocenters. The maximum atomic E-state index is 13.0. The first kappa shape index (κ1) is 12.7. The van der Waals surface area contributed by atoms with Crippen LogP contribution in [-0.2, 0) is 6.18 Å². The van der Waals surface area contributed by atoms with Gasteiger partial charge in [0.1, 0.15) is 0 Å². The zero-order valence-corrected chi connectivity index (χ0v) is 10.2. The number of carbonyl (C=O) groups is 1. The van der Waals surface area contributed by atoms with E-state index in [1.165, 1.54) is 18.3 Å². The van der Waals surface area contributed by atoms with E-state index in [1.54, 1.807) is 0 Å². The Morgan fingerprint density at radius 1 is 1.15 bits per heavy atom. The molecule has 7 heteroatoms. The number of nitrogens with zero attached hydrogens (tertiary/aromatic N) is 1. The van der Waals surface area contributed by atoms with Gasteiger partial charge in [-0.15, -0.1) is 0 Å².